The molecule has 0 amide bonds. The largest absolute Gasteiger partial charge is 0.443 e. The van der Waals surface area contributed by atoms with Crippen LogP contribution in [-0.4, -0.2) is 16.9 Å². The highest BCUT2D eigenvalue weighted by Gasteiger charge is 2.40. The van der Waals surface area contributed by atoms with E-state index in [4.69, 9.17) is 9.94 Å². The SMILES string of the molecule is Cc1ccc(C2C3=C(CCCC3=O)O/C2=N/O)cc1. The molecule has 0 fully saturated rings. The number of nitrogens with zero attached hydrogens (tertiary/aromatic N) is 1. The Labute approximate surface area is 111 Å². The maximum absolute atomic E-state index is 12.1. The number of hydrogen-bond acceptors (Lipinski definition) is 4. The molecule has 1 aromatic rings. The molecule has 0 bridgehead atoms. The Bertz CT molecular complexity index is 584. The quantitative estimate of drug-likeness (QED) is 0.621. The molecule has 0 spiro atoms. The first-order chi connectivity index (χ1) is 9.20. The van der Waals surface area contributed by atoms with Crippen LogP contribution in [0.5, 0.6) is 0 Å². The van der Waals surface area contributed by atoms with E-state index in [-0.39, 0.29) is 17.6 Å². The molecular formula is C15H15NO3. The van der Waals surface area contributed by atoms with Crippen molar-refractivity contribution >= 4 is 11.7 Å². The Morgan fingerprint density at radius 2 is 2.00 bits per heavy atom. The summed E-state index contributed by atoms with van der Waals surface area (Å²) in [4.78, 5) is 12.1. The highest BCUT2D eigenvalue weighted by Crippen LogP contribution is 2.41. The summed E-state index contributed by atoms with van der Waals surface area (Å²) < 4.78 is 5.54. The molecule has 1 unspecified atom stereocenters. The third kappa shape index (κ3) is 1.93. The summed E-state index contributed by atoms with van der Waals surface area (Å²) >= 11 is 0. The van der Waals surface area contributed by atoms with Gasteiger partial charge in [-0.15, -0.1) is 0 Å². The fraction of sp³-hybridized carbons (Fsp3) is 0.333. The van der Waals surface area contributed by atoms with Crippen molar-refractivity contribution in [1.29, 1.82) is 0 Å². The van der Waals surface area contributed by atoms with Crippen LogP contribution in [0.15, 0.2) is 40.8 Å². The van der Waals surface area contributed by atoms with E-state index in [9.17, 15) is 4.79 Å². The Morgan fingerprint density at radius 3 is 2.68 bits per heavy atom. The molecule has 1 N–H and O–H groups in total. The van der Waals surface area contributed by atoms with Crippen molar-refractivity contribution in [3.63, 3.8) is 0 Å². The van der Waals surface area contributed by atoms with Gasteiger partial charge in [-0.05, 0) is 18.9 Å². The molecule has 4 heteroatoms. The summed E-state index contributed by atoms with van der Waals surface area (Å²) in [6.45, 7) is 2.01. The molecule has 1 aliphatic heterocycles. The van der Waals surface area contributed by atoms with E-state index in [1.165, 1.54) is 0 Å². The number of ether oxygens (including phenoxy) is 1. The first-order valence-corrected chi connectivity index (χ1v) is 6.43. The van der Waals surface area contributed by atoms with Crippen molar-refractivity contribution in [2.45, 2.75) is 32.1 Å². The lowest BCUT2D eigenvalue weighted by Gasteiger charge is -2.15. The summed E-state index contributed by atoms with van der Waals surface area (Å²) in [5.74, 6) is 0.637. The average molecular weight is 257 g/mol. The van der Waals surface area contributed by atoms with Gasteiger partial charge in [-0.1, -0.05) is 35.0 Å². The van der Waals surface area contributed by atoms with Gasteiger partial charge in [-0.2, -0.15) is 0 Å². The zero-order valence-corrected chi connectivity index (χ0v) is 10.7. The van der Waals surface area contributed by atoms with Gasteiger partial charge in [0.2, 0.25) is 5.90 Å². The summed E-state index contributed by atoms with van der Waals surface area (Å²) in [5, 5.41) is 12.3. The zero-order chi connectivity index (χ0) is 13.4. The molecular weight excluding hydrogens is 242 g/mol. The molecule has 4 nitrogen and oxygen atoms in total. The monoisotopic (exact) mass is 257 g/mol. The van der Waals surface area contributed by atoms with E-state index in [2.05, 4.69) is 5.16 Å². The van der Waals surface area contributed by atoms with Gasteiger partial charge in [0.1, 0.15) is 5.76 Å². The van der Waals surface area contributed by atoms with Crippen molar-refractivity contribution in [2.24, 2.45) is 5.16 Å². The van der Waals surface area contributed by atoms with Crippen LogP contribution in [0.4, 0.5) is 0 Å². The predicted molar refractivity (Wildman–Crippen MR) is 70.1 cm³/mol. The van der Waals surface area contributed by atoms with Crippen LogP contribution in [0.3, 0.4) is 0 Å². The molecule has 3 rings (SSSR count). The molecule has 0 radical (unpaired) electrons. The van der Waals surface area contributed by atoms with Gasteiger partial charge < -0.3 is 9.94 Å². The second-order valence-electron chi connectivity index (χ2n) is 5.00. The Balaban J connectivity index is 2.08. The van der Waals surface area contributed by atoms with Gasteiger partial charge in [0, 0.05) is 12.8 Å². The minimum absolute atomic E-state index is 0.102. The number of rotatable bonds is 1. The first-order valence-electron chi connectivity index (χ1n) is 6.43. The van der Waals surface area contributed by atoms with Crippen molar-refractivity contribution in [3.05, 3.63) is 46.7 Å². The van der Waals surface area contributed by atoms with Gasteiger partial charge in [0.05, 0.1) is 11.5 Å². The van der Waals surface area contributed by atoms with Crippen molar-refractivity contribution in [1.82, 2.24) is 0 Å². The highest BCUT2D eigenvalue weighted by atomic mass is 16.5. The van der Waals surface area contributed by atoms with Crippen LogP contribution in [0, 0.1) is 6.92 Å². The van der Waals surface area contributed by atoms with Gasteiger partial charge in [-0.25, -0.2) is 0 Å². The maximum atomic E-state index is 12.1. The van der Waals surface area contributed by atoms with Crippen molar-refractivity contribution in [2.75, 3.05) is 0 Å². The van der Waals surface area contributed by atoms with E-state index in [1.54, 1.807) is 0 Å². The highest BCUT2D eigenvalue weighted by molar-refractivity contribution is 6.07. The number of aryl methyl sites for hydroxylation is 1. The lowest BCUT2D eigenvalue weighted by atomic mass is 9.84. The maximum Gasteiger partial charge on any atom is 0.242 e. The lowest BCUT2D eigenvalue weighted by molar-refractivity contribution is -0.116. The molecule has 98 valence electrons. The van der Waals surface area contributed by atoms with Crippen LogP contribution in [-0.2, 0) is 9.53 Å². The second-order valence-corrected chi connectivity index (χ2v) is 5.00. The van der Waals surface area contributed by atoms with Crippen LogP contribution in [0.1, 0.15) is 36.3 Å². The third-order valence-corrected chi connectivity index (χ3v) is 3.68. The molecule has 2 aliphatic rings. The normalized spacial score (nSPS) is 24.6. The molecule has 0 saturated carbocycles. The summed E-state index contributed by atoms with van der Waals surface area (Å²) in [6, 6.07) is 7.87. The Kier molecular flexibility index (Phi) is 2.85. The summed E-state index contributed by atoms with van der Waals surface area (Å²) in [5.41, 5.74) is 2.75. The number of Topliss-reactive ketones (excluding diaryl/α,β-unsaturated/α-hetero) is 1. The molecule has 0 saturated heterocycles. The van der Waals surface area contributed by atoms with Crippen LogP contribution in [0.2, 0.25) is 0 Å². The Morgan fingerprint density at radius 1 is 1.26 bits per heavy atom. The van der Waals surface area contributed by atoms with Crippen molar-refractivity contribution in [3.8, 4) is 0 Å². The Hall–Kier alpha value is -2.10. The van der Waals surface area contributed by atoms with E-state index in [0.717, 1.165) is 24.0 Å². The van der Waals surface area contributed by atoms with Gasteiger partial charge in [0.25, 0.3) is 0 Å². The number of oxime groups is 1. The number of ketones is 1. The summed E-state index contributed by atoms with van der Waals surface area (Å²) in [6.07, 6.45) is 2.09. The fourth-order valence-corrected chi connectivity index (χ4v) is 2.72. The van der Waals surface area contributed by atoms with Crippen molar-refractivity contribution < 1.29 is 14.7 Å². The van der Waals surface area contributed by atoms with Crippen LogP contribution in [0.25, 0.3) is 0 Å². The number of carbonyl (C=O) groups is 1. The smallest absolute Gasteiger partial charge is 0.242 e. The minimum Gasteiger partial charge on any atom is -0.443 e. The molecule has 1 aliphatic carbocycles. The molecule has 1 heterocycles. The van der Waals surface area contributed by atoms with Crippen LogP contribution < -0.4 is 0 Å². The van der Waals surface area contributed by atoms with Gasteiger partial charge in [0.15, 0.2) is 5.78 Å². The fourth-order valence-electron chi connectivity index (χ4n) is 2.72. The average Bonchev–Trinajstić information content (AvgIpc) is 2.80. The summed E-state index contributed by atoms with van der Waals surface area (Å²) in [7, 11) is 0. The standard InChI is InChI=1S/C15H15NO3/c1-9-5-7-10(8-6-9)13-14-11(17)3-2-4-12(14)19-15(13)16-18/h5-8,13,18H,2-4H2,1H3/b16-15+. The van der Waals surface area contributed by atoms with E-state index < -0.39 is 0 Å². The molecule has 1 atom stereocenters. The first kappa shape index (κ1) is 12.0. The second kappa shape index (κ2) is 4.53. The minimum atomic E-state index is -0.353. The predicted octanol–water partition coefficient (Wildman–Crippen LogP) is 2.90. The number of allylic oxidation sites excluding steroid dienone is 1. The lowest BCUT2D eigenvalue weighted by Crippen LogP contribution is -2.16. The third-order valence-electron chi connectivity index (χ3n) is 3.68. The topological polar surface area (TPSA) is 58.9 Å². The van der Waals surface area contributed by atoms with Crippen LogP contribution >= 0.6 is 0 Å². The molecule has 19 heavy (non-hydrogen) atoms. The van der Waals surface area contributed by atoms with E-state index in [0.29, 0.717) is 17.8 Å². The number of benzene rings is 1. The molecule has 0 aromatic heterocycles. The number of carbonyl (C=O) groups excluding carboxylic acids is 1. The van der Waals surface area contributed by atoms with Gasteiger partial charge >= 0.3 is 0 Å². The van der Waals surface area contributed by atoms with E-state index >= 15 is 0 Å². The zero-order valence-electron chi connectivity index (χ0n) is 10.7. The number of hydrogen-bond donors (Lipinski definition) is 1. The van der Waals surface area contributed by atoms with Gasteiger partial charge in [-0.3, -0.25) is 4.79 Å². The molecule has 1 aromatic carbocycles. The van der Waals surface area contributed by atoms with E-state index in [1.807, 2.05) is 31.2 Å².